The molecule has 1 aromatic rings. The van der Waals surface area contributed by atoms with Crippen molar-refractivity contribution in [2.45, 2.75) is 32.4 Å². The predicted octanol–water partition coefficient (Wildman–Crippen LogP) is 2.20. The fourth-order valence-corrected chi connectivity index (χ4v) is 3.17. The van der Waals surface area contributed by atoms with Crippen molar-refractivity contribution in [1.29, 1.82) is 0 Å². The van der Waals surface area contributed by atoms with Crippen LogP contribution in [0.25, 0.3) is 0 Å². The number of hydrogen-bond acceptors (Lipinski definition) is 5. The molecule has 8 heteroatoms. The minimum Gasteiger partial charge on any atom is -0.496 e. The molecule has 0 bridgehead atoms. The number of methoxy groups -OCH3 is 1. The number of ether oxygens (including phenoxy) is 2. The quantitative estimate of drug-likeness (QED) is 0.741. The smallest absolute Gasteiger partial charge is 0.426 e. The summed E-state index contributed by atoms with van der Waals surface area (Å²) in [5.74, 6) is 0.545. The summed E-state index contributed by atoms with van der Waals surface area (Å²) >= 11 is 3.46. The van der Waals surface area contributed by atoms with E-state index < -0.39 is 6.09 Å². The van der Waals surface area contributed by atoms with Crippen LogP contribution in [0, 0.1) is 0 Å². The van der Waals surface area contributed by atoms with Crippen LogP contribution in [0.15, 0.2) is 22.7 Å². The summed E-state index contributed by atoms with van der Waals surface area (Å²) in [7, 11) is 1.63. The average Bonchev–Trinajstić information content (AvgIpc) is 3.01. The number of halogens is 1. The number of nitrogens with one attached hydrogen (secondary N) is 2. The molecule has 0 saturated carbocycles. The van der Waals surface area contributed by atoms with E-state index in [9.17, 15) is 9.59 Å². The van der Waals surface area contributed by atoms with Gasteiger partial charge in [0.15, 0.2) is 0 Å². The van der Waals surface area contributed by atoms with Crippen LogP contribution in [0.2, 0.25) is 0 Å². The molecule has 2 amide bonds. The third-order valence-electron chi connectivity index (χ3n) is 3.85. The van der Waals surface area contributed by atoms with Crippen molar-refractivity contribution in [2.24, 2.45) is 0 Å². The van der Waals surface area contributed by atoms with Gasteiger partial charge in [0.2, 0.25) is 0 Å². The lowest BCUT2D eigenvalue weighted by molar-refractivity contribution is -0.126. The molecule has 132 valence electrons. The van der Waals surface area contributed by atoms with Crippen LogP contribution >= 0.6 is 15.9 Å². The zero-order chi connectivity index (χ0) is 17.5. The van der Waals surface area contributed by atoms with Gasteiger partial charge in [-0.2, -0.15) is 0 Å². The second-order valence-corrected chi connectivity index (χ2v) is 6.34. The van der Waals surface area contributed by atoms with Crippen molar-refractivity contribution in [1.82, 2.24) is 15.8 Å². The molecule has 7 nitrogen and oxygen atoms in total. The number of carbonyl (C=O) groups excluding carboxylic acids is 2. The summed E-state index contributed by atoms with van der Waals surface area (Å²) in [6.07, 6.45) is 1.00. The number of carbonyl (C=O) groups is 2. The van der Waals surface area contributed by atoms with Gasteiger partial charge in [0.1, 0.15) is 5.75 Å². The molecule has 1 aromatic carbocycles. The van der Waals surface area contributed by atoms with Gasteiger partial charge in [-0.15, -0.1) is 0 Å². The van der Waals surface area contributed by atoms with Crippen LogP contribution in [-0.2, 0) is 16.1 Å². The monoisotopic (exact) mass is 399 g/mol. The first-order valence-electron chi connectivity index (χ1n) is 7.84. The second kappa shape index (κ2) is 8.89. The van der Waals surface area contributed by atoms with Gasteiger partial charge in [-0.3, -0.25) is 15.1 Å². The summed E-state index contributed by atoms with van der Waals surface area (Å²) in [6.45, 7) is 3.36. The molecule has 0 radical (unpaired) electrons. The first-order chi connectivity index (χ1) is 11.5. The summed E-state index contributed by atoms with van der Waals surface area (Å²) in [5.41, 5.74) is 5.68. The van der Waals surface area contributed by atoms with Crippen LogP contribution in [0.3, 0.4) is 0 Å². The molecule has 2 rings (SSSR count). The molecule has 0 aromatic heterocycles. The number of hydrazine groups is 1. The number of hydrogen-bond donors (Lipinski definition) is 2. The van der Waals surface area contributed by atoms with Gasteiger partial charge in [0.05, 0.1) is 19.8 Å². The number of amides is 2. The number of benzene rings is 1. The zero-order valence-corrected chi connectivity index (χ0v) is 15.4. The summed E-state index contributed by atoms with van der Waals surface area (Å²) in [4.78, 5) is 25.7. The lowest BCUT2D eigenvalue weighted by Crippen LogP contribution is -2.50. The Labute approximate surface area is 149 Å². The summed E-state index contributed by atoms with van der Waals surface area (Å²) in [6, 6.07) is 5.51. The lowest BCUT2D eigenvalue weighted by atomic mass is 10.1. The minimum absolute atomic E-state index is 0.241. The highest BCUT2D eigenvalue weighted by atomic mass is 79.9. The van der Waals surface area contributed by atoms with E-state index in [1.165, 1.54) is 0 Å². The maximum atomic E-state index is 12.3. The van der Waals surface area contributed by atoms with E-state index >= 15 is 0 Å². The summed E-state index contributed by atoms with van der Waals surface area (Å²) in [5, 5.41) is 0. The topological polar surface area (TPSA) is 79.9 Å². The van der Waals surface area contributed by atoms with Crippen LogP contribution in [0.1, 0.15) is 25.3 Å². The molecule has 1 fully saturated rings. The van der Waals surface area contributed by atoms with Crippen LogP contribution in [-0.4, -0.2) is 43.2 Å². The van der Waals surface area contributed by atoms with E-state index in [0.29, 0.717) is 6.54 Å². The maximum Gasteiger partial charge on any atom is 0.426 e. The van der Waals surface area contributed by atoms with Gasteiger partial charge in [0.25, 0.3) is 5.91 Å². The fraction of sp³-hybridized carbons (Fsp3) is 0.500. The highest BCUT2D eigenvalue weighted by Crippen LogP contribution is 2.27. The van der Waals surface area contributed by atoms with E-state index in [2.05, 4.69) is 31.7 Å². The number of nitrogens with zero attached hydrogens (tertiary/aromatic N) is 1. The Morgan fingerprint density at radius 2 is 2.17 bits per heavy atom. The van der Waals surface area contributed by atoms with Gasteiger partial charge in [-0.25, -0.2) is 10.2 Å². The third kappa shape index (κ3) is 4.85. The Morgan fingerprint density at radius 1 is 1.38 bits per heavy atom. The molecule has 0 aliphatic carbocycles. The van der Waals surface area contributed by atoms with Crippen LogP contribution in [0.5, 0.6) is 5.75 Å². The first kappa shape index (κ1) is 18.5. The van der Waals surface area contributed by atoms with Crippen molar-refractivity contribution in [2.75, 3.05) is 20.3 Å². The zero-order valence-electron chi connectivity index (χ0n) is 13.8. The molecule has 0 unspecified atom stereocenters. The number of likely N-dealkylation sites (tertiary alicyclic amines) is 1. The van der Waals surface area contributed by atoms with E-state index in [1.807, 2.05) is 18.2 Å². The first-order valence-corrected chi connectivity index (χ1v) is 8.63. The van der Waals surface area contributed by atoms with Crippen molar-refractivity contribution in [3.63, 3.8) is 0 Å². The van der Waals surface area contributed by atoms with Crippen molar-refractivity contribution < 1.29 is 19.1 Å². The highest BCUT2D eigenvalue weighted by molar-refractivity contribution is 9.10. The molecule has 1 atom stereocenters. The standard InChI is InChI=1S/C16H22BrN3O4/c1-3-24-16(22)19-18-15(21)13-5-4-8-20(13)10-11-9-12(17)6-7-14(11)23-2/h6-7,9,13H,3-5,8,10H2,1-2H3,(H,18,21)(H,19,22)/t13-/m0/s1. The Kier molecular flexibility index (Phi) is 6.86. The van der Waals surface area contributed by atoms with Gasteiger partial charge in [-0.1, -0.05) is 15.9 Å². The molecule has 0 spiro atoms. The van der Waals surface area contributed by atoms with Gasteiger partial charge >= 0.3 is 6.09 Å². The minimum atomic E-state index is -0.663. The normalized spacial score (nSPS) is 17.4. The van der Waals surface area contributed by atoms with Gasteiger partial charge in [0, 0.05) is 16.6 Å². The Balaban J connectivity index is 1.99. The average molecular weight is 400 g/mol. The summed E-state index contributed by atoms with van der Waals surface area (Å²) < 4.78 is 11.1. The van der Waals surface area contributed by atoms with E-state index in [4.69, 9.17) is 9.47 Å². The number of rotatable bonds is 5. The van der Waals surface area contributed by atoms with Crippen molar-refractivity contribution >= 4 is 27.9 Å². The van der Waals surface area contributed by atoms with E-state index in [-0.39, 0.29) is 18.6 Å². The second-order valence-electron chi connectivity index (χ2n) is 5.42. The third-order valence-corrected chi connectivity index (χ3v) is 4.34. The molecule has 1 heterocycles. The molecule has 2 N–H and O–H groups in total. The molecule has 1 aliphatic rings. The van der Waals surface area contributed by atoms with E-state index in [1.54, 1.807) is 14.0 Å². The molecule has 1 saturated heterocycles. The lowest BCUT2D eigenvalue weighted by Gasteiger charge is -2.24. The van der Waals surface area contributed by atoms with Crippen LogP contribution < -0.4 is 15.6 Å². The van der Waals surface area contributed by atoms with Gasteiger partial charge in [-0.05, 0) is 44.5 Å². The Morgan fingerprint density at radius 3 is 2.88 bits per heavy atom. The van der Waals surface area contributed by atoms with E-state index in [0.717, 1.165) is 35.2 Å². The van der Waals surface area contributed by atoms with Crippen molar-refractivity contribution in [3.8, 4) is 5.75 Å². The van der Waals surface area contributed by atoms with Gasteiger partial charge < -0.3 is 9.47 Å². The molecular formula is C16H22BrN3O4. The molecular weight excluding hydrogens is 378 g/mol. The molecule has 24 heavy (non-hydrogen) atoms. The largest absolute Gasteiger partial charge is 0.496 e. The Hall–Kier alpha value is -1.80. The highest BCUT2D eigenvalue weighted by Gasteiger charge is 2.31. The maximum absolute atomic E-state index is 12.3. The predicted molar refractivity (Wildman–Crippen MR) is 92.4 cm³/mol. The SMILES string of the molecule is CCOC(=O)NNC(=O)[C@@H]1CCCN1Cc1cc(Br)ccc1OC. The molecule has 1 aliphatic heterocycles. The Bertz CT molecular complexity index is 597. The van der Waals surface area contributed by atoms with Crippen molar-refractivity contribution in [3.05, 3.63) is 28.2 Å². The van der Waals surface area contributed by atoms with Crippen LogP contribution in [0.4, 0.5) is 4.79 Å². The fourth-order valence-electron chi connectivity index (χ4n) is 2.76.